The summed E-state index contributed by atoms with van der Waals surface area (Å²) in [6.45, 7) is 4.21. The van der Waals surface area contributed by atoms with Gasteiger partial charge in [0.1, 0.15) is 18.0 Å². The minimum Gasteiger partial charge on any atom is -0.466 e. The monoisotopic (exact) mass is 599 g/mol. The van der Waals surface area contributed by atoms with Crippen LogP contribution in [0.1, 0.15) is 82.8 Å². The number of rotatable bonds is 13. The first-order valence-electron chi connectivity index (χ1n) is 15.4. The van der Waals surface area contributed by atoms with Gasteiger partial charge in [0.15, 0.2) is 0 Å². The van der Waals surface area contributed by atoms with Crippen LogP contribution in [0.4, 0.5) is 9.18 Å². The summed E-state index contributed by atoms with van der Waals surface area (Å²) in [5.41, 5.74) is 1.18. The topological polar surface area (TPSA) is 122 Å². The first-order valence-corrected chi connectivity index (χ1v) is 15.4. The molecule has 0 aromatic heterocycles. The molecular formula is C32H42FN3O7. The summed E-state index contributed by atoms with van der Waals surface area (Å²) in [6, 6.07) is 3.80. The Kier molecular flexibility index (Phi) is 11.3. The molecule has 1 saturated carbocycles. The number of carbonyl (C=O) groups excluding carboxylic acids is 5. The lowest BCUT2D eigenvalue weighted by molar-refractivity contribution is -0.145. The highest BCUT2D eigenvalue weighted by Crippen LogP contribution is 2.40. The van der Waals surface area contributed by atoms with Crippen LogP contribution in [0.15, 0.2) is 30.4 Å². The number of likely N-dealkylation sites (tertiary alicyclic amines) is 1. The van der Waals surface area contributed by atoms with E-state index in [4.69, 9.17) is 9.47 Å². The Labute approximate surface area is 251 Å². The molecule has 1 N–H and O–H groups in total. The maximum Gasteiger partial charge on any atom is 0.410 e. The van der Waals surface area contributed by atoms with Crippen molar-refractivity contribution in [3.63, 3.8) is 0 Å². The average molecular weight is 600 g/mol. The van der Waals surface area contributed by atoms with E-state index >= 15 is 0 Å². The van der Waals surface area contributed by atoms with E-state index in [1.165, 1.54) is 15.9 Å². The lowest BCUT2D eigenvalue weighted by atomic mass is 10.1. The van der Waals surface area contributed by atoms with Crippen molar-refractivity contribution < 1.29 is 37.8 Å². The second-order valence-electron chi connectivity index (χ2n) is 11.4. The number of carbonyl (C=O) groups is 5. The van der Waals surface area contributed by atoms with Crippen molar-refractivity contribution in [3.05, 3.63) is 47.3 Å². The number of unbranched alkanes of at least 4 members (excludes halogenated alkanes) is 4. The molecule has 10 nitrogen and oxygen atoms in total. The molecule has 2 aliphatic heterocycles. The number of hydrogen-bond acceptors (Lipinski definition) is 7. The summed E-state index contributed by atoms with van der Waals surface area (Å²) in [5, 5.41) is 2.33. The molecule has 2 fully saturated rings. The summed E-state index contributed by atoms with van der Waals surface area (Å²) < 4.78 is 24.8. The Morgan fingerprint density at radius 1 is 1.05 bits per heavy atom. The third kappa shape index (κ3) is 8.64. The van der Waals surface area contributed by atoms with Gasteiger partial charge < -0.3 is 14.4 Å². The number of esters is 1. The predicted molar refractivity (Wildman–Crippen MR) is 155 cm³/mol. The zero-order chi connectivity index (χ0) is 30.9. The number of nitrogens with zero attached hydrogens (tertiary/aromatic N) is 2. The zero-order valence-corrected chi connectivity index (χ0v) is 25.0. The Balaban J connectivity index is 1.21. The van der Waals surface area contributed by atoms with Crippen LogP contribution in [-0.4, -0.2) is 64.9 Å². The van der Waals surface area contributed by atoms with Crippen LogP contribution < -0.4 is 5.32 Å². The molecule has 0 unspecified atom stereocenters. The van der Waals surface area contributed by atoms with Gasteiger partial charge in [-0.3, -0.25) is 29.4 Å². The van der Waals surface area contributed by atoms with Crippen molar-refractivity contribution in [2.45, 2.75) is 96.9 Å². The molecule has 0 bridgehead atoms. The summed E-state index contributed by atoms with van der Waals surface area (Å²) in [4.78, 5) is 65.3. The zero-order valence-electron chi connectivity index (χ0n) is 25.0. The molecule has 4 rings (SSSR count). The van der Waals surface area contributed by atoms with Crippen LogP contribution in [0.2, 0.25) is 0 Å². The molecule has 1 saturated heterocycles. The fraction of sp³-hybridized carbons (Fsp3) is 0.594. The van der Waals surface area contributed by atoms with Crippen molar-refractivity contribution in [2.24, 2.45) is 11.8 Å². The first-order chi connectivity index (χ1) is 20.7. The molecule has 0 radical (unpaired) electrons. The van der Waals surface area contributed by atoms with Crippen molar-refractivity contribution >= 4 is 29.8 Å². The van der Waals surface area contributed by atoms with E-state index in [0.29, 0.717) is 18.6 Å². The van der Waals surface area contributed by atoms with Crippen molar-refractivity contribution in [1.82, 2.24) is 15.1 Å². The van der Waals surface area contributed by atoms with Gasteiger partial charge in [0, 0.05) is 31.4 Å². The second kappa shape index (κ2) is 15.1. The summed E-state index contributed by atoms with van der Waals surface area (Å²) in [5.74, 6) is -1.45. The van der Waals surface area contributed by atoms with Crippen molar-refractivity contribution in [2.75, 3.05) is 13.2 Å². The highest BCUT2D eigenvalue weighted by Gasteiger charge is 2.43. The van der Waals surface area contributed by atoms with E-state index in [1.807, 2.05) is 6.92 Å². The minimum atomic E-state index is -0.917. The number of fused-ring (bicyclic) bond motifs is 1. The van der Waals surface area contributed by atoms with Gasteiger partial charge in [-0.05, 0) is 50.2 Å². The molecular weight excluding hydrogens is 557 g/mol. The lowest BCUT2D eigenvalue weighted by Gasteiger charge is -2.23. The molecule has 1 aromatic rings. The second-order valence-corrected chi connectivity index (χ2v) is 11.4. The average Bonchev–Trinajstić information content (AvgIpc) is 3.41. The normalized spacial score (nSPS) is 22.4. The van der Waals surface area contributed by atoms with Crippen LogP contribution in [0, 0.1) is 17.7 Å². The Morgan fingerprint density at radius 2 is 1.84 bits per heavy atom. The molecule has 2 heterocycles. The molecule has 1 aliphatic carbocycles. The number of allylic oxidation sites excluding steroid dienone is 2. The van der Waals surface area contributed by atoms with Crippen LogP contribution in [0.5, 0.6) is 0 Å². The number of imide groups is 1. The van der Waals surface area contributed by atoms with Gasteiger partial charge in [0.25, 0.3) is 0 Å². The number of halogens is 1. The largest absolute Gasteiger partial charge is 0.466 e. The van der Waals surface area contributed by atoms with Gasteiger partial charge in [0.2, 0.25) is 17.7 Å². The summed E-state index contributed by atoms with van der Waals surface area (Å²) in [7, 11) is 0. The molecule has 1 aromatic carbocycles. The number of hydrogen-bond donors (Lipinski definition) is 1. The molecule has 4 amide bonds. The molecule has 0 spiro atoms. The van der Waals surface area contributed by atoms with Crippen LogP contribution in [-0.2, 0) is 41.7 Å². The number of benzene rings is 1. The fourth-order valence-corrected chi connectivity index (χ4v) is 5.70. The molecule has 11 heteroatoms. The van der Waals surface area contributed by atoms with Gasteiger partial charge in [-0.15, -0.1) is 0 Å². The SMILES string of the molecule is CCOC(=O)[C@H]1C[C@H]1/C=C\CCCCCCC(=O)N1C[C@H](OC(=O)N2Cc3cccc(F)c3C2)C[C@H]1C(=O)NC(=O)CC. The van der Waals surface area contributed by atoms with E-state index < -0.39 is 30.1 Å². The molecule has 3 aliphatic rings. The maximum atomic E-state index is 14.1. The van der Waals surface area contributed by atoms with Gasteiger partial charge >= 0.3 is 12.1 Å². The Bertz CT molecular complexity index is 1240. The van der Waals surface area contributed by atoms with Crippen molar-refractivity contribution in [1.29, 1.82) is 0 Å². The third-order valence-corrected chi connectivity index (χ3v) is 8.25. The van der Waals surface area contributed by atoms with E-state index in [0.717, 1.165) is 37.7 Å². The van der Waals surface area contributed by atoms with Crippen LogP contribution in [0.3, 0.4) is 0 Å². The van der Waals surface area contributed by atoms with E-state index in [1.54, 1.807) is 19.1 Å². The van der Waals surface area contributed by atoms with E-state index in [9.17, 15) is 28.4 Å². The third-order valence-electron chi connectivity index (χ3n) is 8.25. The van der Waals surface area contributed by atoms with Gasteiger partial charge in [0.05, 0.1) is 25.6 Å². The lowest BCUT2D eigenvalue weighted by Crippen LogP contribution is -2.47. The fourth-order valence-electron chi connectivity index (χ4n) is 5.70. The molecule has 43 heavy (non-hydrogen) atoms. The van der Waals surface area contributed by atoms with Crippen molar-refractivity contribution in [3.8, 4) is 0 Å². The quantitative estimate of drug-likeness (QED) is 0.203. The van der Waals surface area contributed by atoms with E-state index in [-0.39, 0.29) is 68.4 Å². The van der Waals surface area contributed by atoms with Crippen LogP contribution >= 0.6 is 0 Å². The van der Waals surface area contributed by atoms with Gasteiger partial charge in [-0.1, -0.05) is 44.1 Å². The van der Waals surface area contributed by atoms with Crippen LogP contribution in [0.25, 0.3) is 0 Å². The summed E-state index contributed by atoms with van der Waals surface area (Å²) in [6.07, 6.45) is 8.46. The highest BCUT2D eigenvalue weighted by atomic mass is 19.1. The number of ether oxygens (including phenoxy) is 2. The maximum absolute atomic E-state index is 14.1. The number of amides is 4. The van der Waals surface area contributed by atoms with Gasteiger partial charge in [-0.25, -0.2) is 9.18 Å². The molecule has 4 atom stereocenters. The standard InChI is InChI=1S/C32H42FN3O7/c1-3-28(37)34-30(39)27-17-23(43-32(41)35-18-22-13-11-14-26(33)25(22)20-35)19-36(27)29(38)15-10-8-6-5-7-9-12-21-16-24(21)31(40)42-4-2/h9,11-14,21,23-24,27H,3-8,10,15-20H2,1-2H3,(H,34,37,39)/b12-9-/t21-,23-,24+,27+/m1/s1. The molecule has 234 valence electrons. The number of nitrogens with one attached hydrogen (secondary N) is 1. The Hall–Kier alpha value is -3.76. The highest BCUT2D eigenvalue weighted by molar-refractivity contribution is 5.99. The minimum absolute atomic E-state index is 0.00356. The predicted octanol–water partition coefficient (Wildman–Crippen LogP) is 4.40. The smallest absolute Gasteiger partial charge is 0.410 e. The van der Waals surface area contributed by atoms with Gasteiger partial charge in [-0.2, -0.15) is 0 Å². The Morgan fingerprint density at radius 3 is 2.58 bits per heavy atom. The van der Waals surface area contributed by atoms with E-state index in [2.05, 4.69) is 17.5 Å². The summed E-state index contributed by atoms with van der Waals surface area (Å²) >= 11 is 0. The first kappa shape index (κ1) is 32.2.